The molecule has 0 aromatic rings. The fraction of sp³-hybridized carbons (Fsp3) is 0.863. The van der Waals surface area contributed by atoms with Gasteiger partial charge in [-0.3, -0.25) is 9.59 Å². The van der Waals surface area contributed by atoms with Crippen molar-refractivity contribution in [1.29, 1.82) is 0 Å². The Morgan fingerprint density at radius 1 is 0.556 bits per heavy atom. The molecule has 1 aliphatic carbocycles. The average Bonchev–Trinajstić information content (AvgIpc) is 3.32. The van der Waals surface area contributed by atoms with Gasteiger partial charge in [-0.05, 0) is 129 Å². The van der Waals surface area contributed by atoms with E-state index in [1.807, 2.05) is 59.3 Å². The van der Waals surface area contributed by atoms with Crippen molar-refractivity contribution in [3.63, 3.8) is 0 Å². The molecule has 0 saturated heterocycles. The Balaban J connectivity index is -0.0000000381. The molecule has 1 aliphatic rings. The summed E-state index contributed by atoms with van der Waals surface area (Å²) >= 11 is 0. The van der Waals surface area contributed by atoms with Gasteiger partial charge in [0.15, 0.2) is 29.2 Å². The highest BCUT2D eigenvalue weighted by atomic mass is 28.4. The van der Waals surface area contributed by atoms with E-state index in [2.05, 4.69) is 49.3 Å². The van der Waals surface area contributed by atoms with Gasteiger partial charge in [0.25, 0.3) is 0 Å². The summed E-state index contributed by atoms with van der Waals surface area (Å²) in [4.78, 5) is 69.3. The highest BCUT2D eigenvalue weighted by Crippen LogP contribution is 2.38. The van der Waals surface area contributed by atoms with Crippen LogP contribution in [0.2, 0.25) is 52.4 Å². The molecule has 3 unspecified atom stereocenters. The van der Waals surface area contributed by atoms with Crippen molar-refractivity contribution >= 4 is 69.2 Å². The van der Waals surface area contributed by atoms with Crippen LogP contribution in [-0.4, -0.2) is 198 Å². The van der Waals surface area contributed by atoms with Gasteiger partial charge in [0.2, 0.25) is 8.32 Å². The number of carbonyl (C=O) groups excluding carboxylic acids is 6. The molecular formula is C73H188N2O20Si4. The topological polar surface area (TPSA) is 278 Å². The van der Waals surface area contributed by atoms with Gasteiger partial charge >= 0.3 is 32.7 Å². The Bertz CT molecular complexity index is 1730. The second-order valence-corrected chi connectivity index (χ2v) is 38.3. The van der Waals surface area contributed by atoms with E-state index in [1.54, 1.807) is 42.3 Å². The normalized spacial score (nSPS) is 12.1. The van der Waals surface area contributed by atoms with Crippen LogP contribution >= 0.6 is 0 Å². The van der Waals surface area contributed by atoms with Gasteiger partial charge in [-0.2, -0.15) is 0 Å². The second kappa shape index (κ2) is 94.8. The van der Waals surface area contributed by atoms with E-state index in [9.17, 15) is 33.9 Å². The van der Waals surface area contributed by atoms with Gasteiger partial charge in [0, 0.05) is 66.2 Å². The standard InChI is InChI=1S/C27H50N2O11Si2.C11H24O4Si2.C6H12O2.C5H12O2.C4H10O.20CH4/c1-20(2)24(31)35-11-10-23(30)38-19-41(6,7)40-42(8,9)39-18-37-25(32)28-17-21-14-22(16-27(3,4)15-21)29-26(33)36-13-12-34-5;1-10(2)11(13)7-14-9-17(5,6)15-16(3,4)8-12;1-6(7)4-3-5-8-2;1-3-5(6)4-7-2;1-3-4-5-2;;;;;;;;;;;;;;;;;;;;/h21-22H,1,10-19H2,2-9H3,(H,28,32)(H,29,33);12H,1,7-9H2,2-6H3;3-5H2,1-2H3;5-6H,3-4H2,1-2H3;3-4H2,1-2H3;20*1H4. The van der Waals surface area contributed by atoms with Crippen molar-refractivity contribution in [2.45, 2.75) is 313 Å². The first kappa shape index (κ1) is 167. The van der Waals surface area contributed by atoms with Crippen LogP contribution in [-0.2, 0) is 74.5 Å². The summed E-state index contributed by atoms with van der Waals surface area (Å²) in [6.45, 7) is 38.2. The largest absolute Gasteiger partial charge is 0.466 e. The molecule has 0 heterocycles. The van der Waals surface area contributed by atoms with Crippen molar-refractivity contribution in [1.82, 2.24) is 10.6 Å². The molecule has 99 heavy (non-hydrogen) atoms. The zero-order valence-corrected chi connectivity index (χ0v) is 56.0. The van der Waals surface area contributed by atoms with E-state index in [4.69, 9.17) is 55.7 Å². The maximum atomic E-state index is 12.3. The van der Waals surface area contributed by atoms with E-state index in [1.165, 1.54) is 6.92 Å². The number of methoxy groups -OCH3 is 4. The maximum absolute atomic E-state index is 12.3. The number of Topliss-reactive ketones (excluding diaryl/α,β-unsaturated/α-hetero) is 2. The summed E-state index contributed by atoms with van der Waals surface area (Å²) < 4.78 is 62.9. The number of hydrogen-bond acceptors (Lipinski definition) is 20. The summed E-state index contributed by atoms with van der Waals surface area (Å²) in [5.74, 6) is -0.748. The van der Waals surface area contributed by atoms with Crippen LogP contribution in [0.1, 0.15) is 248 Å². The number of ketones is 2. The summed E-state index contributed by atoms with van der Waals surface area (Å²) in [5, 5.41) is 23.6. The third-order valence-electron chi connectivity index (χ3n) is 10.4. The lowest BCUT2D eigenvalue weighted by atomic mass is 9.70. The summed E-state index contributed by atoms with van der Waals surface area (Å²) in [5.41, 5.74) is 0.751. The summed E-state index contributed by atoms with van der Waals surface area (Å²) in [6, 6.07) is -0.0650. The molecule has 3 atom stereocenters. The van der Waals surface area contributed by atoms with Crippen molar-refractivity contribution in [2.75, 3.05) is 107 Å². The van der Waals surface area contributed by atoms with Crippen molar-refractivity contribution in [3.8, 4) is 0 Å². The molecule has 0 aromatic carbocycles. The molecule has 4 N–H and O–H groups in total. The first-order valence-corrected chi connectivity index (χ1v) is 39.1. The molecule has 1 rings (SSSR count). The number of carbonyl (C=O) groups is 6. The van der Waals surface area contributed by atoms with Gasteiger partial charge in [-0.25, -0.2) is 14.4 Å². The quantitative estimate of drug-likeness (QED) is 0.0116. The van der Waals surface area contributed by atoms with Crippen LogP contribution < -0.4 is 10.6 Å². The van der Waals surface area contributed by atoms with Gasteiger partial charge in [0.05, 0.1) is 38.2 Å². The lowest BCUT2D eigenvalue weighted by molar-refractivity contribution is -0.146. The smallest absolute Gasteiger partial charge is 0.409 e. The fourth-order valence-corrected chi connectivity index (χ4v) is 20.7. The van der Waals surface area contributed by atoms with Crippen molar-refractivity contribution < 1.29 is 94.3 Å². The third-order valence-corrected chi connectivity index (χ3v) is 22.3. The maximum Gasteiger partial charge on any atom is 0.409 e. The van der Waals surface area contributed by atoms with E-state index in [0.29, 0.717) is 51.0 Å². The molecule has 0 radical (unpaired) electrons. The molecule has 0 aliphatic heterocycles. The molecule has 2 amide bonds. The minimum atomic E-state index is -2.72. The highest BCUT2D eigenvalue weighted by molar-refractivity contribution is 6.84. The highest BCUT2D eigenvalue weighted by Gasteiger charge is 2.38. The van der Waals surface area contributed by atoms with E-state index in [0.717, 1.165) is 38.7 Å². The number of alkyl carbamates (subject to hydrolysis) is 2. The number of ether oxygens (including phenoxy) is 9. The fourth-order valence-electron chi connectivity index (χ4n) is 7.00. The zero-order chi connectivity index (χ0) is 61.9. The van der Waals surface area contributed by atoms with Crippen LogP contribution in [0.25, 0.3) is 0 Å². The number of rotatable bonds is 34. The van der Waals surface area contributed by atoms with E-state index >= 15 is 0 Å². The average molecular weight is 1530 g/mol. The number of amides is 2. The Hall–Kier alpha value is -3.23. The third kappa shape index (κ3) is 111. The van der Waals surface area contributed by atoms with Gasteiger partial charge in [-0.1, -0.05) is 189 Å². The molecule has 0 bridgehead atoms. The van der Waals surface area contributed by atoms with E-state index in [-0.39, 0.29) is 235 Å². The summed E-state index contributed by atoms with van der Waals surface area (Å²) in [7, 11) is -2.65. The van der Waals surface area contributed by atoms with Crippen LogP contribution in [0.3, 0.4) is 0 Å². The number of esters is 2. The summed E-state index contributed by atoms with van der Waals surface area (Å²) in [6.07, 6.45) is 5.04. The SMILES string of the molecule is C.C.C.C.C.C.C.C.C.C.C.C.C.C.C.C.C.C.C.C.C=C(C)C(=O)COC[Si](C)(C)O[Si](C)(C)CO.C=C(C)C(=O)OCCC(=O)OC[Si](C)(C)O[Si](C)(C)OCOC(=O)NCC1CC(NC(=O)OCCOC)CC(C)(C)C1.CCC(O)COC.CCCOC.COCCCC(C)=O. The molecule has 0 spiro atoms. The second-order valence-electron chi connectivity index (χ2n) is 22.1. The molecule has 22 nitrogen and oxygen atoms in total. The van der Waals surface area contributed by atoms with Gasteiger partial charge < -0.3 is 80.9 Å². The molecule has 1 saturated carbocycles. The first-order valence-electron chi connectivity index (χ1n) is 26.9. The molecule has 0 aromatic heterocycles. The lowest BCUT2D eigenvalue weighted by Gasteiger charge is -2.40. The van der Waals surface area contributed by atoms with Gasteiger partial charge in [0.1, 0.15) is 31.8 Å². The zero-order valence-electron chi connectivity index (χ0n) is 52.0. The minimum Gasteiger partial charge on any atom is -0.466 e. The van der Waals surface area contributed by atoms with Gasteiger partial charge in [-0.15, -0.1) is 0 Å². The Labute approximate surface area is 626 Å². The Morgan fingerprint density at radius 3 is 1.41 bits per heavy atom. The van der Waals surface area contributed by atoms with Crippen LogP contribution in [0.4, 0.5) is 9.59 Å². The van der Waals surface area contributed by atoms with E-state index < -0.39 is 57.6 Å². The predicted octanol–water partition coefficient (Wildman–Crippen LogP) is 20.6. The Kier molecular flexibility index (Phi) is 160. The Morgan fingerprint density at radius 2 is 1.03 bits per heavy atom. The number of hydrogen-bond donors (Lipinski definition) is 4. The van der Waals surface area contributed by atoms with Crippen molar-refractivity contribution in [3.05, 3.63) is 24.3 Å². The lowest BCUT2D eigenvalue weighted by Crippen LogP contribution is -2.50. The number of aliphatic hydroxyl groups is 2. The van der Waals surface area contributed by atoms with Crippen molar-refractivity contribution in [2.24, 2.45) is 11.3 Å². The van der Waals surface area contributed by atoms with Crippen LogP contribution in [0, 0.1) is 11.3 Å². The monoisotopic (exact) mass is 1530 g/mol. The minimum absolute atomic E-state index is 0. The molecule has 626 valence electrons. The molecule has 1 fully saturated rings. The first-order chi connectivity index (χ1) is 36.5. The predicted molar refractivity (Wildman–Crippen MR) is 450 cm³/mol. The number of nitrogens with one attached hydrogen (secondary N) is 2. The molecular weight excluding hydrogens is 1340 g/mol. The number of aliphatic hydroxyl groups excluding tert-OH is 2. The molecule has 26 heteroatoms. The van der Waals surface area contributed by atoms with Crippen LogP contribution in [0.5, 0.6) is 0 Å². The van der Waals surface area contributed by atoms with Crippen LogP contribution in [0.15, 0.2) is 24.3 Å².